The fourth-order valence-corrected chi connectivity index (χ4v) is 2.78. The van der Waals surface area contributed by atoms with Crippen LogP contribution in [0, 0.1) is 11.8 Å². The van der Waals surface area contributed by atoms with E-state index in [0.29, 0.717) is 0 Å². The molecule has 0 aromatic heterocycles. The molecule has 1 aliphatic heterocycles. The van der Waals surface area contributed by atoms with Crippen molar-refractivity contribution in [3.05, 3.63) is 29.8 Å². The highest BCUT2D eigenvalue weighted by Crippen LogP contribution is 2.24. The zero-order chi connectivity index (χ0) is 12.3. The molecule has 1 aliphatic rings. The molecule has 0 fully saturated rings. The Morgan fingerprint density at radius 2 is 2.12 bits per heavy atom. The molecule has 1 N–H and O–H groups in total. The summed E-state index contributed by atoms with van der Waals surface area (Å²) >= 11 is 0. The maximum Gasteiger partial charge on any atom is 0.0372 e. The highest BCUT2D eigenvalue weighted by atomic mass is 15.1. The van der Waals surface area contributed by atoms with E-state index in [0.717, 1.165) is 18.4 Å². The average molecular weight is 232 g/mol. The van der Waals surface area contributed by atoms with E-state index in [1.54, 1.807) is 0 Å². The van der Waals surface area contributed by atoms with Gasteiger partial charge in [-0.15, -0.1) is 0 Å². The summed E-state index contributed by atoms with van der Waals surface area (Å²) in [5, 5.41) is 3.54. The predicted molar refractivity (Wildman–Crippen MR) is 74.5 cm³/mol. The molecule has 0 saturated heterocycles. The Balaban J connectivity index is 1.90. The first-order chi connectivity index (χ1) is 8.15. The Morgan fingerprint density at radius 1 is 1.35 bits per heavy atom. The van der Waals surface area contributed by atoms with Crippen molar-refractivity contribution in [1.29, 1.82) is 0 Å². The summed E-state index contributed by atoms with van der Waals surface area (Å²) in [6.45, 7) is 8.06. The van der Waals surface area contributed by atoms with Crippen molar-refractivity contribution >= 4 is 5.69 Å². The largest absolute Gasteiger partial charge is 0.384 e. The summed E-state index contributed by atoms with van der Waals surface area (Å²) in [7, 11) is 2.24. The predicted octanol–water partition coefficient (Wildman–Crippen LogP) is 2.86. The van der Waals surface area contributed by atoms with Crippen LogP contribution in [-0.2, 0) is 6.42 Å². The molecule has 0 radical (unpaired) electrons. The average Bonchev–Trinajstić information content (AvgIpc) is 2.27. The molecule has 1 heterocycles. The molecule has 2 nitrogen and oxygen atoms in total. The maximum absolute atomic E-state index is 3.54. The molecule has 0 bridgehead atoms. The molecule has 1 atom stereocenters. The monoisotopic (exact) mass is 232 g/mol. The zero-order valence-corrected chi connectivity index (χ0v) is 11.2. The topological polar surface area (TPSA) is 15.3 Å². The third kappa shape index (κ3) is 3.47. The Labute approximate surface area is 105 Å². The minimum Gasteiger partial charge on any atom is -0.384 e. The Morgan fingerprint density at radius 3 is 2.88 bits per heavy atom. The number of anilines is 1. The molecule has 1 unspecified atom stereocenters. The van der Waals surface area contributed by atoms with Crippen molar-refractivity contribution in [1.82, 2.24) is 4.90 Å². The molecule has 1 aromatic rings. The van der Waals surface area contributed by atoms with E-state index >= 15 is 0 Å². The highest BCUT2D eigenvalue weighted by molar-refractivity contribution is 5.53. The molecular formula is C15H24N2. The molecule has 94 valence electrons. The molecule has 0 aliphatic carbocycles. The quantitative estimate of drug-likeness (QED) is 0.858. The van der Waals surface area contributed by atoms with Gasteiger partial charge in [0.1, 0.15) is 0 Å². The van der Waals surface area contributed by atoms with Crippen LogP contribution in [-0.4, -0.2) is 31.6 Å². The Hall–Kier alpha value is -1.02. The first-order valence-electron chi connectivity index (χ1n) is 6.65. The Bertz CT molecular complexity index is 360. The van der Waals surface area contributed by atoms with Gasteiger partial charge in [0.05, 0.1) is 0 Å². The van der Waals surface area contributed by atoms with Gasteiger partial charge in [-0.05, 0) is 36.9 Å². The van der Waals surface area contributed by atoms with E-state index < -0.39 is 0 Å². The number of nitrogens with one attached hydrogen (secondary N) is 1. The first-order valence-corrected chi connectivity index (χ1v) is 6.65. The number of rotatable bonds is 4. The summed E-state index contributed by atoms with van der Waals surface area (Å²) in [6.07, 6.45) is 1.21. The van der Waals surface area contributed by atoms with Crippen LogP contribution in [0.5, 0.6) is 0 Å². The van der Waals surface area contributed by atoms with Crippen LogP contribution in [0.15, 0.2) is 24.3 Å². The summed E-state index contributed by atoms with van der Waals surface area (Å²) in [6, 6.07) is 8.68. The summed E-state index contributed by atoms with van der Waals surface area (Å²) in [5.74, 6) is 1.50. The number of para-hydroxylation sites is 1. The summed E-state index contributed by atoms with van der Waals surface area (Å²) in [4.78, 5) is 2.46. The summed E-state index contributed by atoms with van der Waals surface area (Å²) < 4.78 is 0. The molecule has 0 saturated carbocycles. The fourth-order valence-electron chi connectivity index (χ4n) is 2.78. The van der Waals surface area contributed by atoms with Crippen LogP contribution in [0.4, 0.5) is 5.69 Å². The van der Waals surface area contributed by atoms with Crippen LogP contribution < -0.4 is 5.32 Å². The Kier molecular flexibility index (Phi) is 4.06. The SMILES string of the molecule is CC(C)CN(C)CC1CNc2ccccc2C1. The first kappa shape index (κ1) is 12.4. The van der Waals surface area contributed by atoms with E-state index in [1.165, 1.54) is 30.8 Å². The molecule has 17 heavy (non-hydrogen) atoms. The lowest BCUT2D eigenvalue weighted by Gasteiger charge is -2.30. The van der Waals surface area contributed by atoms with Gasteiger partial charge in [0.2, 0.25) is 0 Å². The van der Waals surface area contributed by atoms with E-state index in [9.17, 15) is 0 Å². The number of nitrogens with zero attached hydrogens (tertiary/aromatic N) is 1. The van der Waals surface area contributed by atoms with Crippen LogP contribution >= 0.6 is 0 Å². The third-order valence-electron chi connectivity index (χ3n) is 3.35. The zero-order valence-electron chi connectivity index (χ0n) is 11.2. The fraction of sp³-hybridized carbons (Fsp3) is 0.600. The minimum atomic E-state index is 0.744. The van der Waals surface area contributed by atoms with Crippen molar-refractivity contribution in [3.8, 4) is 0 Å². The third-order valence-corrected chi connectivity index (χ3v) is 3.35. The van der Waals surface area contributed by atoms with E-state index in [1.807, 2.05) is 0 Å². The number of fused-ring (bicyclic) bond motifs is 1. The van der Waals surface area contributed by atoms with E-state index in [4.69, 9.17) is 0 Å². The van der Waals surface area contributed by atoms with Gasteiger partial charge in [0, 0.05) is 25.3 Å². The van der Waals surface area contributed by atoms with Crippen LogP contribution in [0.1, 0.15) is 19.4 Å². The van der Waals surface area contributed by atoms with Gasteiger partial charge in [0.25, 0.3) is 0 Å². The van der Waals surface area contributed by atoms with Crippen molar-refractivity contribution < 1.29 is 0 Å². The second-order valence-electron chi connectivity index (χ2n) is 5.72. The lowest BCUT2D eigenvalue weighted by molar-refractivity contribution is 0.252. The number of benzene rings is 1. The van der Waals surface area contributed by atoms with Crippen LogP contribution in [0.25, 0.3) is 0 Å². The van der Waals surface area contributed by atoms with E-state index in [-0.39, 0.29) is 0 Å². The van der Waals surface area contributed by atoms with Crippen LogP contribution in [0.2, 0.25) is 0 Å². The standard InChI is InChI=1S/C15H24N2/c1-12(2)10-17(3)11-13-8-14-6-4-5-7-15(14)16-9-13/h4-7,12-13,16H,8-11H2,1-3H3. The van der Waals surface area contributed by atoms with Gasteiger partial charge < -0.3 is 10.2 Å². The van der Waals surface area contributed by atoms with Gasteiger partial charge in [-0.3, -0.25) is 0 Å². The molecule has 0 amide bonds. The van der Waals surface area contributed by atoms with Gasteiger partial charge in [-0.25, -0.2) is 0 Å². The van der Waals surface area contributed by atoms with Crippen molar-refractivity contribution in [3.63, 3.8) is 0 Å². The van der Waals surface area contributed by atoms with Gasteiger partial charge >= 0.3 is 0 Å². The van der Waals surface area contributed by atoms with E-state index in [2.05, 4.69) is 55.4 Å². The van der Waals surface area contributed by atoms with Crippen molar-refractivity contribution in [2.45, 2.75) is 20.3 Å². The van der Waals surface area contributed by atoms with Crippen molar-refractivity contribution in [2.24, 2.45) is 11.8 Å². The minimum absolute atomic E-state index is 0.744. The smallest absolute Gasteiger partial charge is 0.0372 e. The maximum atomic E-state index is 3.54. The normalized spacial score (nSPS) is 19.2. The lowest BCUT2D eigenvalue weighted by Crippen LogP contribution is -2.35. The number of hydrogen-bond donors (Lipinski definition) is 1. The van der Waals surface area contributed by atoms with Gasteiger partial charge in [-0.1, -0.05) is 32.0 Å². The summed E-state index contributed by atoms with van der Waals surface area (Å²) in [5.41, 5.74) is 2.80. The molecule has 2 rings (SSSR count). The van der Waals surface area contributed by atoms with Crippen molar-refractivity contribution in [2.75, 3.05) is 32.0 Å². The molecule has 2 heteroatoms. The lowest BCUT2D eigenvalue weighted by atomic mass is 9.93. The molecular weight excluding hydrogens is 208 g/mol. The molecule has 0 spiro atoms. The van der Waals surface area contributed by atoms with Crippen LogP contribution in [0.3, 0.4) is 0 Å². The highest BCUT2D eigenvalue weighted by Gasteiger charge is 2.19. The molecule has 1 aromatic carbocycles. The second kappa shape index (κ2) is 5.54. The van der Waals surface area contributed by atoms with Gasteiger partial charge in [-0.2, -0.15) is 0 Å². The van der Waals surface area contributed by atoms with Gasteiger partial charge in [0.15, 0.2) is 0 Å². The second-order valence-corrected chi connectivity index (χ2v) is 5.72. The number of hydrogen-bond acceptors (Lipinski definition) is 2.